The molecule has 1 aliphatic rings. The summed E-state index contributed by atoms with van der Waals surface area (Å²) in [6.45, 7) is 3.65. The van der Waals surface area contributed by atoms with Gasteiger partial charge in [0.25, 0.3) is 5.91 Å². The molecule has 2 aromatic carbocycles. The Labute approximate surface area is 186 Å². The van der Waals surface area contributed by atoms with Gasteiger partial charge in [-0.3, -0.25) is 4.79 Å². The summed E-state index contributed by atoms with van der Waals surface area (Å²) >= 11 is 0. The van der Waals surface area contributed by atoms with Crippen LogP contribution in [0, 0.1) is 0 Å². The van der Waals surface area contributed by atoms with Gasteiger partial charge in [0.1, 0.15) is 5.75 Å². The van der Waals surface area contributed by atoms with Crippen LogP contribution in [0.4, 0.5) is 16.2 Å². The minimum Gasteiger partial charge on any atom is -0.484 e. The van der Waals surface area contributed by atoms with E-state index in [1.807, 2.05) is 50.2 Å². The molecule has 1 saturated carbocycles. The van der Waals surface area contributed by atoms with Gasteiger partial charge in [-0.15, -0.1) is 0 Å². The highest BCUT2D eigenvalue weighted by Crippen LogP contribution is 2.44. The minimum absolute atomic E-state index is 0.0594. The van der Waals surface area contributed by atoms with E-state index in [0.717, 1.165) is 35.0 Å². The first-order valence-electron chi connectivity index (χ1n) is 10.9. The van der Waals surface area contributed by atoms with E-state index in [9.17, 15) is 9.59 Å². The summed E-state index contributed by atoms with van der Waals surface area (Å²) in [5, 5.41) is 6.59. The van der Waals surface area contributed by atoms with Crippen LogP contribution in [-0.2, 0) is 4.79 Å². The molecule has 3 amide bonds. The van der Waals surface area contributed by atoms with Crippen LogP contribution in [0.2, 0.25) is 0 Å². The predicted octanol–water partition coefficient (Wildman–Crippen LogP) is 4.01. The van der Waals surface area contributed by atoms with Crippen LogP contribution < -0.4 is 26.8 Å². The summed E-state index contributed by atoms with van der Waals surface area (Å²) in [5.74, 6) is 0.0621. The van der Waals surface area contributed by atoms with Crippen molar-refractivity contribution < 1.29 is 14.3 Å². The first-order chi connectivity index (χ1) is 15.3. The maximum absolute atomic E-state index is 12.0. The molecule has 0 aliphatic heterocycles. The molecule has 0 atom stereocenters. The van der Waals surface area contributed by atoms with Gasteiger partial charge >= 0.3 is 6.03 Å². The Kier molecular flexibility index (Phi) is 5.94. The lowest BCUT2D eigenvalue weighted by atomic mass is 9.92. The number of nitrogen functional groups attached to an aromatic ring is 1. The summed E-state index contributed by atoms with van der Waals surface area (Å²) in [7, 11) is 0. The molecule has 8 nitrogen and oxygen atoms in total. The number of hydrogen-bond donors (Lipinski definition) is 4. The number of nitrogens with two attached hydrogens (primary N) is 2. The third-order valence-electron chi connectivity index (χ3n) is 5.67. The molecule has 1 aliphatic carbocycles. The number of amides is 3. The Morgan fingerprint density at radius 1 is 1.16 bits per heavy atom. The number of benzene rings is 2. The van der Waals surface area contributed by atoms with Gasteiger partial charge < -0.3 is 31.4 Å². The van der Waals surface area contributed by atoms with Crippen LogP contribution in [0.15, 0.2) is 42.5 Å². The van der Waals surface area contributed by atoms with Gasteiger partial charge in [-0.1, -0.05) is 12.1 Å². The Hall–Kier alpha value is -3.68. The highest BCUT2D eigenvalue weighted by molar-refractivity contribution is 6.02. The molecule has 4 rings (SSSR count). The van der Waals surface area contributed by atoms with E-state index >= 15 is 0 Å². The maximum atomic E-state index is 12.0. The molecular formula is C24H29N5O3. The smallest absolute Gasteiger partial charge is 0.319 e. The van der Waals surface area contributed by atoms with Crippen LogP contribution in [0.1, 0.15) is 39.2 Å². The van der Waals surface area contributed by atoms with Crippen LogP contribution in [0.25, 0.3) is 22.2 Å². The van der Waals surface area contributed by atoms with E-state index in [1.54, 1.807) is 6.07 Å². The quantitative estimate of drug-likeness (QED) is 0.447. The SMILES string of the molecule is CC(C)NC(=O)Nc1ccc(-c2c(N)c3ccc(OCC(N)=O)cc3n2C2CCC2)cc1. The fraction of sp³-hybridized carbons (Fsp3) is 0.333. The van der Waals surface area contributed by atoms with E-state index in [2.05, 4.69) is 15.2 Å². The monoisotopic (exact) mass is 435 g/mol. The molecule has 1 fully saturated rings. The molecule has 0 bridgehead atoms. The van der Waals surface area contributed by atoms with E-state index in [1.165, 1.54) is 6.42 Å². The molecule has 8 heteroatoms. The highest BCUT2D eigenvalue weighted by Gasteiger charge is 2.27. The lowest BCUT2D eigenvalue weighted by Gasteiger charge is -2.30. The number of rotatable bonds is 7. The molecule has 3 aromatic rings. The molecule has 0 unspecified atom stereocenters. The van der Waals surface area contributed by atoms with Crippen molar-refractivity contribution in [2.24, 2.45) is 5.73 Å². The number of nitrogens with zero attached hydrogens (tertiary/aromatic N) is 1. The molecule has 0 radical (unpaired) electrons. The average molecular weight is 436 g/mol. The van der Waals surface area contributed by atoms with Crippen molar-refractivity contribution in [1.82, 2.24) is 9.88 Å². The normalized spacial score (nSPS) is 13.7. The number of fused-ring (bicyclic) bond motifs is 1. The van der Waals surface area contributed by atoms with Gasteiger partial charge in [-0.25, -0.2) is 4.79 Å². The summed E-state index contributed by atoms with van der Waals surface area (Å²) in [6, 6.07) is 13.5. The highest BCUT2D eigenvalue weighted by atomic mass is 16.5. The summed E-state index contributed by atoms with van der Waals surface area (Å²) in [5.41, 5.74) is 16.1. The standard InChI is InChI=1S/C24H29N5O3/c1-14(2)27-24(31)28-16-8-6-15(7-9-16)23-22(26)19-11-10-18(32-13-21(25)30)12-20(19)29(23)17-4-3-5-17/h6-12,14,17H,3-5,13,26H2,1-2H3,(H2,25,30)(H2,27,28,31). The zero-order chi connectivity index (χ0) is 22.8. The fourth-order valence-electron chi connectivity index (χ4n) is 4.02. The van der Waals surface area contributed by atoms with Crippen molar-refractivity contribution in [3.8, 4) is 17.0 Å². The maximum Gasteiger partial charge on any atom is 0.319 e. The topological polar surface area (TPSA) is 124 Å². The summed E-state index contributed by atoms with van der Waals surface area (Å²) < 4.78 is 7.80. The van der Waals surface area contributed by atoms with Crippen molar-refractivity contribution in [2.45, 2.75) is 45.2 Å². The first-order valence-corrected chi connectivity index (χ1v) is 10.9. The van der Waals surface area contributed by atoms with Crippen molar-refractivity contribution in [3.63, 3.8) is 0 Å². The van der Waals surface area contributed by atoms with E-state index in [4.69, 9.17) is 16.2 Å². The number of carbonyl (C=O) groups is 2. The zero-order valence-electron chi connectivity index (χ0n) is 18.4. The lowest BCUT2D eigenvalue weighted by Crippen LogP contribution is -2.34. The van der Waals surface area contributed by atoms with Gasteiger partial charge in [-0.05, 0) is 57.4 Å². The zero-order valence-corrected chi connectivity index (χ0v) is 18.4. The Balaban J connectivity index is 1.70. The van der Waals surface area contributed by atoms with Crippen LogP contribution in [-0.4, -0.2) is 29.2 Å². The molecule has 1 aromatic heterocycles. The number of aromatic nitrogens is 1. The molecule has 0 saturated heterocycles. The molecule has 32 heavy (non-hydrogen) atoms. The number of carbonyl (C=O) groups excluding carboxylic acids is 2. The molecule has 168 valence electrons. The van der Waals surface area contributed by atoms with Crippen LogP contribution in [0.3, 0.4) is 0 Å². The summed E-state index contributed by atoms with van der Waals surface area (Å²) in [4.78, 5) is 23.1. The van der Waals surface area contributed by atoms with E-state index < -0.39 is 5.91 Å². The Morgan fingerprint density at radius 3 is 2.47 bits per heavy atom. The number of urea groups is 1. The second kappa shape index (κ2) is 8.82. The second-order valence-corrected chi connectivity index (χ2v) is 8.48. The number of nitrogens with one attached hydrogen (secondary N) is 2. The van der Waals surface area contributed by atoms with Crippen molar-refractivity contribution in [2.75, 3.05) is 17.7 Å². The van der Waals surface area contributed by atoms with Crippen LogP contribution in [0.5, 0.6) is 5.75 Å². The minimum atomic E-state index is -0.518. The van der Waals surface area contributed by atoms with Crippen molar-refractivity contribution in [1.29, 1.82) is 0 Å². The Morgan fingerprint density at radius 2 is 1.88 bits per heavy atom. The molecular weight excluding hydrogens is 406 g/mol. The summed E-state index contributed by atoms with van der Waals surface area (Å²) in [6.07, 6.45) is 3.34. The first kappa shape index (κ1) is 21.5. The molecule has 1 heterocycles. The predicted molar refractivity (Wildman–Crippen MR) is 127 cm³/mol. The van der Waals surface area contributed by atoms with Crippen molar-refractivity contribution >= 4 is 34.2 Å². The molecule has 6 N–H and O–H groups in total. The van der Waals surface area contributed by atoms with E-state index in [-0.39, 0.29) is 18.7 Å². The number of anilines is 2. The molecule has 0 spiro atoms. The van der Waals surface area contributed by atoms with Gasteiger partial charge in [0, 0.05) is 34.8 Å². The van der Waals surface area contributed by atoms with Gasteiger partial charge in [-0.2, -0.15) is 0 Å². The van der Waals surface area contributed by atoms with Crippen LogP contribution >= 0.6 is 0 Å². The fourth-order valence-corrected chi connectivity index (χ4v) is 4.02. The number of hydrogen-bond acceptors (Lipinski definition) is 4. The lowest BCUT2D eigenvalue weighted by molar-refractivity contribution is -0.119. The van der Waals surface area contributed by atoms with E-state index in [0.29, 0.717) is 23.2 Å². The van der Waals surface area contributed by atoms with Gasteiger partial charge in [0.2, 0.25) is 0 Å². The van der Waals surface area contributed by atoms with Crippen molar-refractivity contribution in [3.05, 3.63) is 42.5 Å². The largest absolute Gasteiger partial charge is 0.484 e. The van der Waals surface area contributed by atoms with Gasteiger partial charge in [0.15, 0.2) is 6.61 Å². The van der Waals surface area contributed by atoms with Gasteiger partial charge in [0.05, 0.1) is 16.9 Å². The Bertz CT molecular complexity index is 1150. The average Bonchev–Trinajstić information content (AvgIpc) is 2.97. The second-order valence-electron chi connectivity index (χ2n) is 8.48. The third kappa shape index (κ3) is 4.34. The number of primary amides is 1. The number of ether oxygens (including phenoxy) is 1. The third-order valence-corrected chi connectivity index (χ3v) is 5.67.